The first-order valence-electron chi connectivity index (χ1n) is 11.1. The van der Waals surface area contributed by atoms with Crippen molar-refractivity contribution in [2.75, 3.05) is 18.4 Å². The Morgan fingerprint density at radius 2 is 1.62 bits per heavy atom. The first-order chi connectivity index (χ1) is 15.3. The van der Waals surface area contributed by atoms with Gasteiger partial charge in [-0.3, -0.25) is 9.59 Å². The Bertz CT molecular complexity index is 1040. The van der Waals surface area contributed by atoms with Crippen LogP contribution in [-0.4, -0.2) is 39.6 Å². The highest BCUT2D eigenvalue weighted by Gasteiger charge is 2.22. The van der Waals surface area contributed by atoms with E-state index < -0.39 is 0 Å². The van der Waals surface area contributed by atoms with Crippen molar-refractivity contribution in [3.8, 4) is 5.69 Å². The van der Waals surface area contributed by atoms with Crippen LogP contribution in [0.2, 0.25) is 0 Å². The second-order valence-corrected chi connectivity index (χ2v) is 8.85. The maximum atomic E-state index is 12.9. The van der Waals surface area contributed by atoms with Crippen LogP contribution in [0.3, 0.4) is 0 Å². The van der Waals surface area contributed by atoms with Crippen molar-refractivity contribution < 1.29 is 9.59 Å². The number of carbonyl (C=O) groups excluding carboxylic acids is 2. The molecule has 6 heteroatoms. The molecule has 0 radical (unpaired) electrons. The lowest BCUT2D eigenvalue weighted by molar-refractivity contribution is -0.134. The Morgan fingerprint density at radius 3 is 2.22 bits per heavy atom. The van der Waals surface area contributed by atoms with Gasteiger partial charge in [-0.2, -0.15) is 5.10 Å². The molecule has 0 aliphatic heterocycles. The van der Waals surface area contributed by atoms with Crippen molar-refractivity contribution in [3.63, 3.8) is 0 Å². The van der Waals surface area contributed by atoms with Crippen molar-refractivity contribution in [2.45, 2.75) is 46.0 Å². The number of nitrogens with one attached hydrogen (secondary N) is 1. The Hall–Kier alpha value is -3.41. The average molecular weight is 433 g/mol. The molecule has 0 saturated heterocycles. The molecule has 2 aromatic carbocycles. The number of aryl methyl sites for hydroxylation is 1. The van der Waals surface area contributed by atoms with E-state index in [1.807, 2.05) is 73.7 Å². The van der Waals surface area contributed by atoms with Crippen LogP contribution in [0.4, 0.5) is 5.82 Å². The Balaban J connectivity index is 1.70. The minimum atomic E-state index is -0.238. The van der Waals surface area contributed by atoms with Crippen LogP contribution in [0.5, 0.6) is 0 Å². The number of hydrogen-bond donors (Lipinski definition) is 1. The van der Waals surface area contributed by atoms with Gasteiger partial charge in [0.15, 0.2) is 0 Å². The summed E-state index contributed by atoms with van der Waals surface area (Å²) in [4.78, 5) is 27.1. The van der Waals surface area contributed by atoms with Gasteiger partial charge in [0.2, 0.25) is 11.8 Å². The maximum Gasteiger partial charge on any atom is 0.245 e. The van der Waals surface area contributed by atoms with E-state index in [0.717, 1.165) is 16.9 Å². The summed E-state index contributed by atoms with van der Waals surface area (Å²) in [5, 5.41) is 7.69. The Morgan fingerprint density at radius 1 is 1.00 bits per heavy atom. The van der Waals surface area contributed by atoms with Gasteiger partial charge in [-0.25, -0.2) is 4.68 Å². The van der Waals surface area contributed by atoms with E-state index >= 15 is 0 Å². The van der Waals surface area contributed by atoms with Crippen molar-refractivity contribution in [1.29, 1.82) is 0 Å². The standard InChI is InChI=1S/C26H32N4O2/c1-5-29(25(32)17-16-20-12-8-6-9-13-20)19-24(31)27-23-18-22(26(2,3)4)28-30(23)21-14-10-7-11-15-21/h6-15,18H,5,16-17,19H2,1-4H3,(H,27,31). The normalized spacial score (nSPS) is 11.2. The second-order valence-electron chi connectivity index (χ2n) is 8.85. The van der Waals surface area contributed by atoms with Gasteiger partial charge in [-0.1, -0.05) is 69.3 Å². The number of anilines is 1. The van der Waals surface area contributed by atoms with E-state index in [0.29, 0.717) is 25.2 Å². The molecule has 3 rings (SSSR count). The van der Waals surface area contributed by atoms with Gasteiger partial charge in [-0.15, -0.1) is 0 Å². The first-order valence-corrected chi connectivity index (χ1v) is 11.1. The second kappa shape index (κ2) is 10.3. The zero-order valence-corrected chi connectivity index (χ0v) is 19.3. The third-order valence-corrected chi connectivity index (χ3v) is 5.29. The topological polar surface area (TPSA) is 67.2 Å². The first kappa shape index (κ1) is 23.3. The van der Waals surface area contributed by atoms with Gasteiger partial charge >= 0.3 is 0 Å². The summed E-state index contributed by atoms with van der Waals surface area (Å²) in [5.74, 6) is 0.329. The SMILES string of the molecule is CCN(CC(=O)Nc1cc(C(C)(C)C)nn1-c1ccccc1)C(=O)CCc1ccccc1. The number of rotatable bonds is 8. The molecule has 0 spiro atoms. The van der Waals surface area contributed by atoms with Gasteiger partial charge in [0.25, 0.3) is 0 Å². The van der Waals surface area contributed by atoms with E-state index in [1.54, 1.807) is 9.58 Å². The van der Waals surface area contributed by atoms with E-state index in [9.17, 15) is 9.59 Å². The lowest BCUT2D eigenvalue weighted by Crippen LogP contribution is -2.38. The number of likely N-dealkylation sites (N-methyl/N-ethyl adjacent to an activating group) is 1. The average Bonchev–Trinajstić information content (AvgIpc) is 3.21. The lowest BCUT2D eigenvalue weighted by Gasteiger charge is -2.20. The van der Waals surface area contributed by atoms with E-state index in [4.69, 9.17) is 5.10 Å². The minimum absolute atomic E-state index is 0.00887. The fourth-order valence-corrected chi connectivity index (χ4v) is 3.39. The molecule has 6 nitrogen and oxygen atoms in total. The van der Waals surface area contributed by atoms with E-state index in [-0.39, 0.29) is 23.8 Å². The molecular formula is C26H32N4O2. The molecule has 1 N–H and O–H groups in total. The van der Waals surface area contributed by atoms with Crippen molar-refractivity contribution in [3.05, 3.63) is 78.0 Å². The van der Waals surface area contributed by atoms with E-state index in [2.05, 4.69) is 26.1 Å². The third-order valence-electron chi connectivity index (χ3n) is 5.29. The van der Waals surface area contributed by atoms with Crippen LogP contribution in [0.1, 0.15) is 45.4 Å². The summed E-state index contributed by atoms with van der Waals surface area (Å²) in [6.07, 6.45) is 1.04. The number of para-hydroxylation sites is 1. The smallest absolute Gasteiger partial charge is 0.245 e. The highest BCUT2D eigenvalue weighted by Crippen LogP contribution is 2.26. The predicted octanol–water partition coefficient (Wildman–Crippen LogP) is 4.59. The summed E-state index contributed by atoms with van der Waals surface area (Å²) in [5.41, 5.74) is 2.69. The molecule has 0 fully saturated rings. The summed E-state index contributed by atoms with van der Waals surface area (Å²) >= 11 is 0. The fraction of sp³-hybridized carbons (Fsp3) is 0.346. The summed E-state index contributed by atoms with van der Waals surface area (Å²) < 4.78 is 1.74. The molecule has 1 heterocycles. The van der Waals surface area contributed by atoms with Gasteiger partial charge in [-0.05, 0) is 31.0 Å². The molecular weight excluding hydrogens is 400 g/mol. The van der Waals surface area contributed by atoms with Gasteiger partial charge in [0.05, 0.1) is 17.9 Å². The highest BCUT2D eigenvalue weighted by molar-refractivity contribution is 5.94. The molecule has 32 heavy (non-hydrogen) atoms. The molecule has 0 bridgehead atoms. The van der Waals surface area contributed by atoms with Crippen molar-refractivity contribution >= 4 is 17.6 Å². The molecule has 0 unspecified atom stereocenters. The van der Waals surface area contributed by atoms with Gasteiger partial charge in [0, 0.05) is 24.4 Å². The highest BCUT2D eigenvalue weighted by atomic mass is 16.2. The van der Waals surface area contributed by atoms with E-state index in [1.165, 1.54) is 0 Å². The number of carbonyl (C=O) groups is 2. The predicted molar refractivity (Wildman–Crippen MR) is 128 cm³/mol. The molecule has 3 aromatic rings. The zero-order chi connectivity index (χ0) is 23.1. The minimum Gasteiger partial charge on any atom is -0.334 e. The lowest BCUT2D eigenvalue weighted by atomic mass is 9.92. The van der Waals surface area contributed by atoms with Gasteiger partial charge < -0.3 is 10.2 Å². The van der Waals surface area contributed by atoms with Crippen LogP contribution >= 0.6 is 0 Å². The Labute approximate surface area is 190 Å². The molecule has 1 aromatic heterocycles. The van der Waals surface area contributed by atoms with Crippen LogP contribution < -0.4 is 5.32 Å². The summed E-state index contributed by atoms with van der Waals surface area (Å²) in [6, 6.07) is 21.5. The van der Waals surface area contributed by atoms with Crippen LogP contribution in [0.15, 0.2) is 66.7 Å². The number of benzene rings is 2. The molecule has 168 valence electrons. The number of nitrogens with zero attached hydrogens (tertiary/aromatic N) is 3. The molecule has 0 saturated carbocycles. The molecule has 0 atom stereocenters. The monoisotopic (exact) mass is 432 g/mol. The summed E-state index contributed by atoms with van der Waals surface area (Å²) in [6.45, 7) is 8.63. The van der Waals surface area contributed by atoms with Crippen LogP contribution in [-0.2, 0) is 21.4 Å². The summed E-state index contributed by atoms with van der Waals surface area (Å²) in [7, 11) is 0. The van der Waals surface area contributed by atoms with Gasteiger partial charge in [0.1, 0.15) is 5.82 Å². The Kier molecular flexibility index (Phi) is 7.46. The van der Waals surface area contributed by atoms with Crippen LogP contribution in [0.25, 0.3) is 5.69 Å². The molecule has 0 aliphatic carbocycles. The van der Waals surface area contributed by atoms with Crippen molar-refractivity contribution in [1.82, 2.24) is 14.7 Å². The van der Waals surface area contributed by atoms with Crippen molar-refractivity contribution in [2.24, 2.45) is 0 Å². The molecule has 0 aliphatic rings. The number of amides is 2. The number of hydrogen-bond acceptors (Lipinski definition) is 3. The molecule has 2 amide bonds. The largest absolute Gasteiger partial charge is 0.334 e. The fourth-order valence-electron chi connectivity index (χ4n) is 3.39. The van der Waals surface area contributed by atoms with Crippen LogP contribution in [0, 0.1) is 0 Å². The third kappa shape index (κ3) is 6.06. The zero-order valence-electron chi connectivity index (χ0n) is 19.3. The quantitative estimate of drug-likeness (QED) is 0.566. The number of aromatic nitrogens is 2. The maximum absolute atomic E-state index is 12.9.